The van der Waals surface area contributed by atoms with E-state index in [4.69, 9.17) is 0 Å². The van der Waals surface area contributed by atoms with Crippen LogP contribution in [0.25, 0.3) is 11.1 Å². The Morgan fingerprint density at radius 3 is 2.79 bits per heavy atom. The summed E-state index contributed by atoms with van der Waals surface area (Å²) in [6.45, 7) is -2.57. The summed E-state index contributed by atoms with van der Waals surface area (Å²) >= 11 is 0. The van der Waals surface area contributed by atoms with Crippen LogP contribution in [0.2, 0.25) is 0 Å². The lowest BCUT2D eigenvalue weighted by Gasteiger charge is -2.26. The standard InChI is InChI=1S/C21H18F3N3O2/c22-17-5-2-1-4-16(17)18-6-3-9-27(18)20(28)13-7-8-15(14-11-25-26-12-14)19(10-13)29-21(23)24/h1-2,4-5,7-8,10-12,18,21H,3,6,9H2,(H,25,26). The molecule has 2 heterocycles. The minimum absolute atomic E-state index is 0.117. The number of hydrogen-bond donors (Lipinski definition) is 1. The molecular formula is C21H18F3N3O2. The maximum atomic E-state index is 14.2. The van der Waals surface area contributed by atoms with E-state index in [9.17, 15) is 18.0 Å². The Labute approximate surface area is 165 Å². The number of likely N-dealkylation sites (tertiary alicyclic amines) is 1. The van der Waals surface area contributed by atoms with Gasteiger partial charge in [-0.1, -0.05) is 18.2 Å². The summed E-state index contributed by atoms with van der Waals surface area (Å²) in [6, 6.07) is 10.4. The smallest absolute Gasteiger partial charge is 0.387 e. The molecule has 0 aliphatic carbocycles. The maximum Gasteiger partial charge on any atom is 0.387 e. The number of alkyl halides is 2. The van der Waals surface area contributed by atoms with Crippen LogP contribution in [0.3, 0.4) is 0 Å². The van der Waals surface area contributed by atoms with Crippen LogP contribution in [0.4, 0.5) is 13.2 Å². The van der Waals surface area contributed by atoms with Crippen LogP contribution in [-0.4, -0.2) is 34.2 Å². The predicted molar refractivity (Wildman–Crippen MR) is 100 cm³/mol. The third-order valence-corrected chi connectivity index (χ3v) is 5.03. The highest BCUT2D eigenvalue weighted by molar-refractivity contribution is 5.96. The quantitative estimate of drug-likeness (QED) is 0.669. The number of hydrogen-bond acceptors (Lipinski definition) is 3. The van der Waals surface area contributed by atoms with E-state index in [1.807, 2.05) is 0 Å². The summed E-state index contributed by atoms with van der Waals surface area (Å²) in [6.07, 6.45) is 4.39. The van der Waals surface area contributed by atoms with Gasteiger partial charge in [0.1, 0.15) is 11.6 Å². The predicted octanol–water partition coefficient (Wildman–Crippen LogP) is 4.79. The van der Waals surface area contributed by atoms with E-state index in [2.05, 4.69) is 14.9 Å². The summed E-state index contributed by atoms with van der Waals surface area (Å²) in [5.74, 6) is -0.836. The first-order chi connectivity index (χ1) is 14.0. The summed E-state index contributed by atoms with van der Waals surface area (Å²) in [5, 5.41) is 6.43. The number of rotatable bonds is 5. The molecule has 150 valence electrons. The SMILES string of the molecule is O=C(c1ccc(-c2cn[nH]c2)c(OC(F)F)c1)N1CCCC1c1ccccc1F. The van der Waals surface area contributed by atoms with E-state index in [-0.39, 0.29) is 23.0 Å². The highest BCUT2D eigenvalue weighted by Gasteiger charge is 2.32. The van der Waals surface area contributed by atoms with Gasteiger partial charge in [0, 0.05) is 35.0 Å². The molecule has 4 rings (SSSR count). The normalized spacial score (nSPS) is 16.4. The lowest BCUT2D eigenvalue weighted by molar-refractivity contribution is -0.0495. The minimum atomic E-state index is -3.04. The van der Waals surface area contributed by atoms with Crippen LogP contribution in [0, 0.1) is 5.82 Å². The summed E-state index contributed by atoms with van der Waals surface area (Å²) in [7, 11) is 0. The number of aromatic nitrogens is 2. The third-order valence-electron chi connectivity index (χ3n) is 5.03. The van der Waals surface area contributed by atoms with Gasteiger partial charge in [-0.3, -0.25) is 9.89 Å². The van der Waals surface area contributed by atoms with Crippen molar-refractivity contribution in [2.24, 2.45) is 0 Å². The van der Waals surface area contributed by atoms with Crippen molar-refractivity contribution in [2.45, 2.75) is 25.5 Å². The molecule has 0 radical (unpaired) electrons. The van der Waals surface area contributed by atoms with Gasteiger partial charge in [-0.15, -0.1) is 0 Å². The minimum Gasteiger partial charge on any atom is -0.434 e. The molecule has 1 unspecified atom stereocenters. The number of aromatic amines is 1. The average molecular weight is 401 g/mol. The number of nitrogens with one attached hydrogen (secondary N) is 1. The second kappa shape index (κ2) is 7.98. The van der Waals surface area contributed by atoms with E-state index in [0.717, 1.165) is 6.42 Å². The highest BCUT2D eigenvalue weighted by Crippen LogP contribution is 2.36. The number of amides is 1. The van der Waals surface area contributed by atoms with Gasteiger partial charge in [0.05, 0.1) is 12.2 Å². The van der Waals surface area contributed by atoms with Crippen LogP contribution in [-0.2, 0) is 0 Å². The van der Waals surface area contributed by atoms with Crippen molar-refractivity contribution < 1.29 is 22.7 Å². The number of ether oxygens (including phenoxy) is 1. The second-order valence-corrected chi connectivity index (χ2v) is 6.75. The fourth-order valence-corrected chi connectivity index (χ4v) is 3.73. The van der Waals surface area contributed by atoms with Crippen molar-refractivity contribution in [2.75, 3.05) is 6.54 Å². The van der Waals surface area contributed by atoms with E-state index in [1.165, 1.54) is 18.3 Å². The fraction of sp³-hybridized carbons (Fsp3) is 0.238. The van der Waals surface area contributed by atoms with E-state index >= 15 is 0 Å². The van der Waals surface area contributed by atoms with Crippen LogP contribution in [0.15, 0.2) is 54.9 Å². The fourth-order valence-electron chi connectivity index (χ4n) is 3.73. The molecule has 1 atom stereocenters. The molecule has 1 amide bonds. The molecule has 5 nitrogen and oxygen atoms in total. The molecule has 1 saturated heterocycles. The van der Waals surface area contributed by atoms with Crippen molar-refractivity contribution >= 4 is 5.91 Å². The Hall–Kier alpha value is -3.29. The largest absolute Gasteiger partial charge is 0.434 e. The monoisotopic (exact) mass is 401 g/mol. The molecule has 2 aromatic carbocycles. The molecule has 3 aromatic rings. The second-order valence-electron chi connectivity index (χ2n) is 6.75. The van der Waals surface area contributed by atoms with Gasteiger partial charge >= 0.3 is 6.61 Å². The molecule has 0 saturated carbocycles. The van der Waals surface area contributed by atoms with Gasteiger partial charge < -0.3 is 9.64 Å². The summed E-state index contributed by atoms with van der Waals surface area (Å²) in [5.41, 5.74) is 1.61. The van der Waals surface area contributed by atoms with Gasteiger partial charge in [0.2, 0.25) is 0 Å². The number of nitrogens with zero attached hydrogens (tertiary/aromatic N) is 2. The van der Waals surface area contributed by atoms with E-state index in [1.54, 1.807) is 41.4 Å². The van der Waals surface area contributed by atoms with E-state index < -0.39 is 12.7 Å². The lowest BCUT2D eigenvalue weighted by Crippen LogP contribution is -2.31. The van der Waals surface area contributed by atoms with Crippen LogP contribution >= 0.6 is 0 Å². The number of carbonyl (C=O) groups is 1. The Morgan fingerprint density at radius 1 is 1.24 bits per heavy atom. The van der Waals surface area contributed by atoms with Gasteiger partial charge in [-0.05, 0) is 37.1 Å². The molecule has 1 fully saturated rings. The zero-order chi connectivity index (χ0) is 20.4. The molecule has 29 heavy (non-hydrogen) atoms. The number of H-pyrrole nitrogens is 1. The Morgan fingerprint density at radius 2 is 2.07 bits per heavy atom. The first-order valence-electron chi connectivity index (χ1n) is 9.18. The van der Waals surface area contributed by atoms with Crippen molar-refractivity contribution in [1.29, 1.82) is 0 Å². The van der Waals surface area contributed by atoms with E-state index in [0.29, 0.717) is 29.7 Å². The molecule has 1 aliphatic heterocycles. The first kappa shape index (κ1) is 19.0. The maximum absolute atomic E-state index is 14.2. The molecule has 1 aromatic heterocycles. The molecule has 1 N–H and O–H groups in total. The lowest BCUT2D eigenvalue weighted by atomic mass is 10.0. The molecule has 0 bridgehead atoms. The van der Waals surface area contributed by atoms with Crippen molar-refractivity contribution in [1.82, 2.24) is 15.1 Å². The van der Waals surface area contributed by atoms with Crippen molar-refractivity contribution in [3.8, 4) is 16.9 Å². The third kappa shape index (κ3) is 3.83. The summed E-state index contributed by atoms with van der Waals surface area (Å²) in [4.78, 5) is 14.7. The molecule has 8 heteroatoms. The Bertz CT molecular complexity index is 1010. The topological polar surface area (TPSA) is 58.2 Å². The van der Waals surface area contributed by atoms with Gasteiger partial charge in [-0.2, -0.15) is 13.9 Å². The first-order valence-corrected chi connectivity index (χ1v) is 9.18. The average Bonchev–Trinajstić information content (AvgIpc) is 3.39. The van der Waals surface area contributed by atoms with Crippen molar-refractivity contribution in [3.05, 3.63) is 71.8 Å². The zero-order valence-corrected chi connectivity index (χ0v) is 15.3. The van der Waals surface area contributed by atoms with Crippen LogP contribution in [0.5, 0.6) is 5.75 Å². The molecule has 0 spiro atoms. The Kier molecular flexibility index (Phi) is 5.24. The molecule has 1 aliphatic rings. The van der Waals surface area contributed by atoms with Crippen molar-refractivity contribution in [3.63, 3.8) is 0 Å². The zero-order valence-electron chi connectivity index (χ0n) is 15.3. The molecular weight excluding hydrogens is 383 g/mol. The van der Waals surface area contributed by atoms with Crippen LogP contribution < -0.4 is 4.74 Å². The summed E-state index contributed by atoms with van der Waals surface area (Å²) < 4.78 is 44.7. The highest BCUT2D eigenvalue weighted by atomic mass is 19.3. The number of benzene rings is 2. The van der Waals surface area contributed by atoms with Crippen LogP contribution in [0.1, 0.15) is 34.8 Å². The number of halogens is 3. The number of carbonyl (C=O) groups excluding carboxylic acids is 1. The van der Waals surface area contributed by atoms with Gasteiger partial charge in [0.15, 0.2) is 0 Å². The Balaban J connectivity index is 1.67. The van der Waals surface area contributed by atoms with Gasteiger partial charge in [-0.25, -0.2) is 4.39 Å². The van der Waals surface area contributed by atoms with Gasteiger partial charge in [0.25, 0.3) is 5.91 Å².